The first-order valence-electron chi connectivity index (χ1n) is 7.56. The van der Waals surface area contributed by atoms with Crippen LogP contribution in [0, 0.1) is 0 Å². The predicted octanol–water partition coefficient (Wildman–Crippen LogP) is 5.28. The summed E-state index contributed by atoms with van der Waals surface area (Å²) in [5, 5.41) is 14.6. The van der Waals surface area contributed by atoms with Gasteiger partial charge in [-0.3, -0.25) is 0 Å². The molecule has 0 bridgehead atoms. The number of hydrogen-bond acceptors (Lipinski definition) is 3. The minimum Gasteiger partial charge on any atom is -0.391 e. The topological polar surface area (TPSA) is 46.3 Å². The summed E-state index contributed by atoms with van der Waals surface area (Å²) in [7, 11) is 0. The molecule has 1 heterocycles. The van der Waals surface area contributed by atoms with Crippen molar-refractivity contribution in [1.29, 1.82) is 0 Å². The monoisotopic (exact) mass is 327 g/mol. The molecule has 4 heteroatoms. The zero-order chi connectivity index (χ0) is 16.4. The molecule has 118 valence electrons. The number of benzene rings is 2. The molecule has 3 rings (SSSR count). The largest absolute Gasteiger partial charge is 0.391 e. The molecule has 0 atom stereocenters. The maximum absolute atomic E-state index is 9.78. The van der Waals surface area contributed by atoms with Gasteiger partial charge in [-0.15, -0.1) is 0 Å². The Hall–Kier alpha value is -2.10. The third kappa shape index (κ3) is 3.16. The van der Waals surface area contributed by atoms with Crippen molar-refractivity contribution in [2.45, 2.75) is 26.4 Å². The SMILES string of the molecule is CC(C)c1ccc(-c2onc(-c3ccc(Cl)cc3)c2CO)cc1. The second kappa shape index (κ2) is 6.57. The third-order valence-corrected chi connectivity index (χ3v) is 4.16. The molecule has 3 aromatic rings. The van der Waals surface area contributed by atoms with Crippen LogP contribution in [-0.4, -0.2) is 10.3 Å². The van der Waals surface area contributed by atoms with E-state index in [1.807, 2.05) is 24.3 Å². The van der Waals surface area contributed by atoms with Crippen molar-refractivity contribution in [3.8, 4) is 22.6 Å². The lowest BCUT2D eigenvalue weighted by Gasteiger charge is -2.06. The summed E-state index contributed by atoms with van der Waals surface area (Å²) in [6.45, 7) is 4.17. The van der Waals surface area contributed by atoms with E-state index < -0.39 is 0 Å². The van der Waals surface area contributed by atoms with Gasteiger partial charge in [0, 0.05) is 16.1 Å². The Morgan fingerprint density at radius 2 is 1.61 bits per heavy atom. The lowest BCUT2D eigenvalue weighted by atomic mass is 9.99. The molecule has 0 radical (unpaired) electrons. The fourth-order valence-electron chi connectivity index (χ4n) is 2.54. The molecule has 0 aliphatic carbocycles. The van der Waals surface area contributed by atoms with E-state index >= 15 is 0 Å². The molecule has 0 fully saturated rings. The summed E-state index contributed by atoms with van der Waals surface area (Å²) in [6.07, 6.45) is 0. The lowest BCUT2D eigenvalue weighted by molar-refractivity contribution is 0.281. The van der Waals surface area contributed by atoms with Crippen LogP contribution in [0.25, 0.3) is 22.6 Å². The molecule has 0 saturated carbocycles. The van der Waals surface area contributed by atoms with Crippen molar-refractivity contribution in [3.05, 3.63) is 64.7 Å². The van der Waals surface area contributed by atoms with Crippen molar-refractivity contribution in [1.82, 2.24) is 5.16 Å². The van der Waals surface area contributed by atoms with Crippen molar-refractivity contribution in [2.75, 3.05) is 0 Å². The number of rotatable bonds is 4. The molecule has 1 N–H and O–H groups in total. The van der Waals surface area contributed by atoms with Gasteiger partial charge in [0.2, 0.25) is 0 Å². The zero-order valence-corrected chi connectivity index (χ0v) is 13.8. The van der Waals surface area contributed by atoms with Gasteiger partial charge in [0.05, 0.1) is 12.2 Å². The molecule has 23 heavy (non-hydrogen) atoms. The number of aromatic nitrogens is 1. The zero-order valence-electron chi connectivity index (χ0n) is 13.1. The van der Waals surface area contributed by atoms with Crippen LogP contribution in [0.3, 0.4) is 0 Å². The Morgan fingerprint density at radius 3 is 2.17 bits per heavy atom. The van der Waals surface area contributed by atoms with Crippen LogP contribution < -0.4 is 0 Å². The Bertz CT molecular complexity index is 789. The highest BCUT2D eigenvalue weighted by Gasteiger charge is 2.18. The van der Waals surface area contributed by atoms with E-state index in [1.165, 1.54) is 5.56 Å². The van der Waals surface area contributed by atoms with E-state index in [2.05, 4.69) is 31.1 Å². The molecule has 0 spiro atoms. The third-order valence-electron chi connectivity index (χ3n) is 3.90. The molecule has 0 aliphatic heterocycles. The van der Waals surface area contributed by atoms with Crippen LogP contribution in [0.15, 0.2) is 53.1 Å². The van der Waals surface area contributed by atoms with Gasteiger partial charge in [-0.1, -0.05) is 67.0 Å². The van der Waals surface area contributed by atoms with E-state index in [0.717, 1.165) is 11.1 Å². The second-order valence-corrected chi connectivity index (χ2v) is 6.22. The molecule has 2 aromatic carbocycles. The van der Waals surface area contributed by atoms with Gasteiger partial charge in [0.15, 0.2) is 5.76 Å². The van der Waals surface area contributed by atoms with Gasteiger partial charge in [0.25, 0.3) is 0 Å². The average Bonchev–Trinajstić information content (AvgIpc) is 2.99. The number of hydrogen-bond donors (Lipinski definition) is 1. The fraction of sp³-hybridized carbons (Fsp3) is 0.211. The summed E-state index contributed by atoms with van der Waals surface area (Å²) in [6, 6.07) is 15.5. The Labute approximate surface area is 140 Å². The molecule has 0 aliphatic rings. The van der Waals surface area contributed by atoms with E-state index in [4.69, 9.17) is 16.1 Å². The van der Waals surface area contributed by atoms with Crippen molar-refractivity contribution in [3.63, 3.8) is 0 Å². The molecule has 0 amide bonds. The van der Waals surface area contributed by atoms with Crippen molar-refractivity contribution >= 4 is 11.6 Å². The van der Waals surface area contributed by atoms with Crippen LogP contribution in [-0.2, 0) is 6.61 Å². The van der Waals surface area contributed by atoms with Gasteiger partial charge in [0.1, 0.15) is 5.69 Å². The molecule has 0 unspecified atom stereocenters. The van der Waals surface area contributed by atoms with Crippen LogP contribution in [0.2, 0.25) is 5.02 Å². The maximum Gasteiger partial charge on any atom is 0.173 e. The Morgan fingerprint density at radius 1 is 1.00 bits per heavy atom. The summed E-state index contributed by atoms with van der Waals surface area (Å²) < 4.78 is 5.51. The predicted molar refractivity (Wildman–Crippen MR) is 92.4 cm³/mol. The van der Waals surface area contributed by atoms with Crippen molar-refractivity contribution < 1.29 is 9.63 Å². The molecular formula is C19H18ClNO2. The van der Waals surface area contributed by atoms with Gasteiger partial charge < -0.3 is 9.63 Å². The standard InChI is InChI=1S/C19H18ClNO2/c1-12(2)13-3-5-15(6-4-13)19-17(11-22)18(21-23-19)14-7-9-16(20)10-8-14/h3-10,12,22H,11H2,1-2H3. The number of nitrogens with zero attached hydrogens (tertiary/aromatic N) is 1. The number of aliphatic hydroxyl groups is 1. The average molecular weight is 328 g/mol. The summed E-state index contributed by atoms with van der Waals surface area (Å²) in [5.41, 5.74) is 4.37. The van der Waals surface area contributed by atoms with Gasteiger partial charge in [-0.05, 0) is 23.6 Å². The second-order valence-electron chi connectivity index (χ2n) is 5.78. The fourth-order valence-corrected chi connectivity index (χ4v) is 2.66. The summed E-state index contributed by atoms with van der Waals surface area (Å²) >= 11 is 5.92. The highest BCUT2D eigenvalue weighted by atomic mass is 35.5. The van der Waals surface area contributed by atoms with E-state index in [9.17, 15) is 5.11 Å². The van der Waals surface area contributed by atoms with E-state index in [-0.39, 0.29) is 6.61 Å². The Balaban J connectivity index is 2.02. The minimum atomic E-state index is -0.136. The first-order valence-corrected chi connectivity index (χ1v) is 7.93. The van der Waals surface area contributed by atoms with E-state index in [0.29, 0.717) is 28.0 Å². The summed E-state index contributed by atoms with van der Waals surface area (Å²) in [5.74, 6) is 1.08. The van der Waals surface area contributed by atoms with Crippen LogP contribution >= 0.6 is 11.6 Å². The maximum atomic E-state index is 9.78. The first kappa shape index (κ1) is 15.8. The minimum absolute atomic E-state index is 0.136. The smallest absolute Gasteiger partial charge is 0.173 e. The molecule has 1 aromatic heterocycles. The van der Waals surface area contributed by atoms with Gasteiger partial charge >= 0.3 is 0 Å². The lowest BCUT2D eigenvalue weighted by Crippen LogP contribution is -1.90. The summed E-state index contributed by atoms with van der Waals surface area (Å²) in [4.78, 5) is 0. The number of halogens is 1. The van der Waals surface area contributed by atoms with E-state index in [1.54, 1.807) is 12.1 Å². The van der Waals surface area contributed by atoms with Crippen LogP contribution in [0.4, 0.5) is 0 Å². The molecule has 0 saturated heterocycles. The molecule has 3 nitrogen and oxygen atoms in total. The number of aliphatic hydroxyl groups excluding tert-OH is 1. The van der Waals surface area contributed by atoms with Crippen molar-refractivity contribution in [2.24, 2.45) is 0 Å². The van der Waals surface area contributed by atoms with Crippen LogP contribution in [0.5, 0.6) is 0 Å². The first-order chi connectivity index (χ1) is 11.1. The highest BCUT2D eigenvalue weighted by Crippen LogP contribution is 2.33. The van der Waals surface area contributed by atoms with Crippen LogP contribution in [0.1, 0.15) is 30.9 Å². The quantitative estimate of drug-likeness (QED) is 0.709. The van der Waals surface area contributed by atoms with Gasteiger partial charge in [-0.25, -0.2) is 0 Å². The van der Waals surface area contributed by atoms with Gasteiger partial charge in [-0.2, -0.15) is 0 Å². The normalized spacial score (nSPS) is 11.2. The highest BCUT2D eigenvalue weighted by molar-refractivity contribution is 6.30. The Kier molecular flexibility index (Phi) is 4.51. The molecular weight excluding hydrogens is 310 g/mol.